The molecule has 6 aliphatic rings. The van der Waals surface area contributed by atoms with Crippen molar-refractivity contribution in [3.8, 4) is 0 Å². The van der Waals surface area contributed by atoms with Crippen LogP contribution in [0.2, 0.25) is 0 Å². The largest absolute Gasteiger partial charge is 0.617 e. The Morgan fingerprint density at radius 1 is 1.07 bits per heavy atom. The maximum absolute atomic E-state index is 12.7. The van der Waals surface area contributed by atoms with E-state index in [-0.39, 0.29) is 32.6 Å². The fourth-order valence-corrected chi connectivity index (χ4v) is 7.71. The van der Waals surface area contributed by atoms with Gasteiger partial charge < -0.3 is 18.4 Å². The second-order valence-corrected chi connectivity index (χ2v) is 11.2. The number of hydrogen-bond acceptors (Lipinski definition) is 5. The Morgan fingerprint density at radius 3 is 2.33 bits per heavy atom. The molecule has 30 heavy (non-hydrogen) atoms. The molecule has 0 amide bonds. The first-order chi connectivity index (χ1) is 14.2. The summed E-state index contributed by atoms with van der Waals surface area (Å²) in [6.45, 7) is 5.63. The van der Waals surface area contributed by atoms with Crippen LogP contribution in [0, 0.1) is 23.2 Å². The van der Waals surface area contributed by atoms with Crippen molar-refractivity contribution in [2.24, 2.45) is 23.2 Å². The lowest BCUT2D eigenvalue weighted by Crippen LogP contribution is -2.72. The Bertz CT molecular complexity index is 917. The average molecular weight is 413 g/mol. The normalized spacial score (nSPS) is 47.8. The molecule has 3 aliphatic carbocycles. The molecule has 1 aromatic rings. The molecule has 0 N–H and O–H groups in total. The molecule has 3 aliphatic heterocycles. The molecule has 3 saturated heterocycles. The summed E-state index contributed by atoms with van der Waals surface area (Å²) >= 11 is 0. The third-order valence-corrected chi connectivity index (χ3v) is 9.45. The quantitative estimate of drug-likeness (QED) is 0.560. The van der Waals surface area contributed by atoms with Crippen molar-refractivity contribution < 1.29 is 29.5 Å². The number of quaternary nitrogens is 1. The first-order valence-electron chi connectivity index (χ1n) is 11.4. The van der Waals surface area contributed by atoms with Crippen LogP contribution in [0.15, 0.2) is 30.3 Å². The van der Waals surface area contributed by atoms with Crippen molar-refractivity contribution >= 4 is 18.6 Å². The molecule has 5 atom stereocenters. The third kappa shape index (κ3) is 2.18. The molecule has 3 heterocycles. The summed E-state index contributed by atoms with van der Waals surface area (Å²) in [4.78, 5) is 25.4. The van der Waals surface area contributed by atoms with Gasteiger partial charge in [0.25, 0.3) is 0 Å². The summed E-state index contributed by atoms with van der Waals surface area (Å²) < 4.78 is 18.5. The van der Waals surface area contributed by atoms with Crippen molar-refractivity contribution in [2.75, 3.05) is 19.6 Å². The SMILES string of the molecule is CC1(C)C2CCC(C[N+]34CC(=O)O[B-]3([C@]3(C)O[C@H]3c3ccccc3)OC(=O)C4)[C@H]1C2.[HH]. The van der Waals surface area contributed by atoms with Gasteiger partial charge >= 0.3 is 18.6 Å². The monoisotopic (exact) mass is 413 g/mol. The number of hydrogen-bond donors (Lipinski definition) is 0. The van der Waals surface area contributed by atoms with E-state index in [2.05, 4.69) is 13.8 Å². The van der Waals surface area contributed by atoms with Gasteiger partial charge in [-0.1, -0.05) is 51.1 Å². The number of ether oxygens (including phenoxy) is 1. The third-order valence-electron chi connectivity index (χ3n) is 9.45. The van der Waals surface area contributed by atoms with Gasteiger partial charge in [0.05, 0.1) is 6.10 Å². The highest BCUT2D eigenvalue weighted by molar-refractivity contribution is 6.69. The van der Waals surface area contributed by atoms with Crippen molar-refractivity contribution in [1.82, 2.24) is 0 Å². The highest BCUT2D eigenvalue weighted by atomic mass is 16.7. The van der Waals surface area contributed by atoms with Gasteiger partial charge in [-0.3, -0.25) is 9.59 Å². The van der Waals surface area contributed by atoms with Crippen LogP contribution in [0.25, 0.3) is 0 Å². The summed E-state index contributed by atoms with van der Waals surface area (Å²) in [5.41, 5.74) is 0.561. The lowest BCUT2D eigenvalue weighted by molar-refractivity contribution is -0.822. The van der Waals surface area contributed by atoms with E-state index in [0.717, 1.165) is 24.4 Å². The minimum absolute atomic E-state index is 0. The summed E-state index contributed by atoms with van der Waals surface area (Å²) in [7, 11) is 0. The number of epoxide rings is 1. The molecule has 7 rings (SSSR count). The highest BCUT2D eigenvalue weighted by Crippen LogP contribution is 2.64. The van der Waals surface area contributed by atoms with E-state index in [4.69, 9.17) is 14.0 Å². The number of carbonyl (C=O) groups excluding carboxylic acids is 2. The average Bonchev–Trinajstić information content (AvgIpc) is 3.23. The molecule has 0 spiro atoms. The van der Waals surface area contributed by atoms with E-state index >= 15 is 0 Å². The second-order valence-electron chi connectivity index (χ2n) is 11.2. The van der Waals surface area contributed by atoms with Gasteiger partial charge in [-0.15, -0.1) is 0 Å². The van der Waals surface area contributed by atoms with Gasteiger partial charge in [0.1, 0.15) is 18.6 Å². The van der Waals surface area contributed by atoms with Crippen LogP contribution in [-0.2, 0) is 23.6 Å². The Labute approximate surface area is 178 Å². The topological polar surface area (TPSA) is 65.1 Å². The van der Waals surface area contributed by atoms with Gasteiger partial charge in [0.15, 0.2) is 0 Å². The van der Waals surface area contributed by atoms with E-state index < -0.39 is 12.2 Å². The van der Waals surface area contributed by atoms with Crippen LogP contribution < -0.4 is 0 Å². The molecular formula is C23H32BNO5. The molecule has 2 bridgehead atoms. The molecule has 162 valence electrons. The molecule has 2 unspecified atom stereocenters. The zero-order valence-corrected chi connectivity index (χ0v) is 18.0. The van der Waals surface area contributed by atoms with Crippen LogP contribution in [-0.4, -0.2) is 48.2 Å². The van der Waals surface area contributed by atoms with Crippen molar-refractivity contribution in [1.29, 1.82) is 0 Å². The van der Waals surface area contributed by atoms with Crippen LogP contribution in [0.5, 0.6) is 0 Å². The van der Waals surface area contributed by atoms with Crippen LogP contribution >= 0.6 is 0 Å². The predicted molar refractivity (Wildman–Crippen MR) is 112 cm³/mol. The number of fused-ring (bicyclic) bond motifs is 3. The Kier molecular flexibility index (Phi) is 3.58. The van der Waals surface area contributed by atoms with E-state index in [9.17, 15) is 9.59 Å². The number of rotatable bonds is 4. The molecule has 1 aromatic carbocycles. The van der Waals surface area contributed by atoms with E-state index in [1.54, 1.807) is 0 Å². The Balaban J connectivity index is 0.00000204. The summed E-state index contributed by atoms with van der Waals surface area (Å²) in [6, 6.07) is 9.95. The minimum Gasteiger partial charge on any atom is -0.598 e. The standard InChI is InChI=1S/C23H30BNO5.H2/c1-22(2)17-10-9-16(18(22)11-17)12-25-13-19(26)29-24(25,30-20(27)14-25)23(3)21(28-23)15-7-5-4-6-8-15;/h4-8,16-18,21H,9-14H2,1-3H3;1H/t16?,17?,18-,21+,23-,24?,25?;/m1./s1. The highest BCUT2D eigenvalue weighted by Gasteiger charge is 2.84. The zero-order valence-electron chi connectivity index (χ0n) is 18.0. The first kappa shape index (κ1) is 18.9. The first-order valence-corrected chi connectivity index (χ1v) is 11.4. The van der Waals surface area contributed by atoms with Crippen molar-refractivity contribution in [2.45, 2.75) is 51.6 Å². The summed E-state index contributed by atoms with van der Waals surface area (Å²) in [5, 5.41) is 0. The lowest BCUT2D eigenvalue weighted by Gasteiger charge is -2.61. The molecule has 0 aromatic heterocycles. The van der Waals surface area contributed by atoms with Crippen LogP contribution in [0.3, 0.4) is 0 Å². The number of benzene rings is 1. The molecule has 3 saturated carbocycles. The molecule has 0 radical (unpaired) electrons. The fraction of sp³-hybridized carbons (Fsp3) is 0.652. The fourth-order valence-electron chi connectivity index (χ4n) is 7.71. The van der Waals surface area contributed by atoms with Gasteiger partial charge in [0.2, 0.25) is 0 Å². The molecule has 6 nitrogen and oxygen atoms in total. The van der Waals surface area contributed by atoms with Gasteiger partial charge in [-0.2, -0.15) is 0 Å². The van der Waals surface area contributed by atoms with Crippen molar-refractivity contribution in [3.63, 3.8) is 0 Å². The smallest absolute Gasteiger partial charge is 0.598 e. The molecule has 6 fully saturated rings. The Morgan fingerprint density at radius 2 is 1.73 bits per heavy atom. The van der Waals surface area contributed by atoms with Crippen LogP contribution in [0.1, 0.15) is 53.1 Å². The lowest BCUT2D eigenvalue weighted by atomic mass is 9.45. The second kappa shape index (κ2) is 5.68. The predicted octanol–water partition coefficient (Wildman–Crippen LogP) is 3.24. The minimum atomic E-state index is -2.26. The molecule has 7 heteroatoms. The zero-order chi connectivity index (χ0) is 20.9. The summed E-state index contributed by atoms with van der Waals surface area (Å²) in [5.74, 6) is 1.39. The number of nitrogens with zero attached hydrogens (tertiary/aromatic N) is 1. The van der Waals surface area contributed by atoms with E-state index in [0.29, 0.717) is 21.6 Å². The van der Waals surface area contributed by atoms with Gasteiger partial charge in [-0.25, -0.2) is 0 Å². The van der Waals surface area contributed by atoms with E-state index in [1.165, 1.54) is 12.8 Å². The maximum atomic E-state index is 12.7. The van der Waals surface area contributed by atoms with Gasteiger partial charge in [-0.05, 0) is 42.1 Å². The van der Waals surface area contributed by atoms with Crippen molar-refractivity contribution in [3.05, 3.63) is 35.9 Å². The van der Waals surface area contributed by atoms with Crippen LogP contribution in [0.4, 0.5) is 0 Å². The molecular weight excluding hydrogens is 381 g/mol. The Hall–Kier alpha value is -1.86. The van der Waals surface area contributed by atoms with E-state index in [1.807, 2.05) is 37.3 Å². The van der Waals surface area contributed by atoms with Gasteiger partial charge in [0, 0.05) is 13.9 Å². The number of carbonyl (C=O) groups is 2. The summed E-state index contributed by atoms with van der Waals surface area (Å²) in [6.07, 6.45) is 3.43. The maximum Gasteiger partial charge on any atom is 0.617 e.